The van der Waals surface area contributed by atoms with E-state index in [0.717, 1.165) is 0 Å². The first-order valence-corrected chi connectivity index (χ1v) is 11.2. The lowest BCUT2D eigenvalue weighted by Gasteiger charge is -2.39. The molecule has 4 rings (SSSR count). The summed E-state index contributed by atoms with van der Waals surface area (Å²) < 4.78 is 21.5. The molecule has 3 aliphatic rings. The number of fused-ring (bicyclic) bond motifs is 1. The summed E-state index contributed by atoms with van der Waals surface area (Å²) in [5, 5.41) is 59.3. The Morgan fingerprint density at radius 2 is 1.76 bits per heavy atom. The molecule has 10 atom stereocenters. The zero-order valence-electron chi connectivity index (χ0n) is 18.5. The standard InChI is InChI=1S/C23H30O11/c1-10-15(25)6-13-14(9-32-22(30)17(10)13)21(29)31-8-11-2-4-12(5-3-11)33-23-20(28)19(27)18(26)16(7-24)34-23/h2-5,9-10,13,15-20,22-28,30H,6-8H2,1H3. The van der Waals surface area contributed by atoms with Crippen molar-refractivity contribution in [3.8, 4) is 5.75 Å². The molecule has 188 valence electrons. The minimum atomic E-state index is -1.54. The average molecular weight is 482 g/mol. The molecule has 0 aromatic heterocycles. The van der Waals surface area contributed by atoms with E-state index in [1.54, 1.807) is 24.3 Å². The van der Waals surface area contributed by atoms with Crippen molar-refractivity contribution in [1.82, 2.24) is 0 Å². The first-order valence-electron chi connectivity index (χ1n) is 11.2. The van der Waals surface area contributed by atoms with Crippen LogP contribution in [0.3, 0.4) is 0 Å². The summed E-state index contributed by atoms with van der Waals surface area (Å²) in [4.78, 5) is 12.6. The maximum absolute atomic E-state index is 12.6. The Morgan fingerprint density at radius 1 is 1.06 bits per heavy atom. The lowest BCUT2D eigenvalue weighted by atomic mass is 9.83. The number of carbonyl (C=O) groups excluding carboxylic acids is 1. The Bertz CT molecular complexity index is 885. The zero-order chi connectivity index (χ0) is 24.6. The van der Waals surface area contributed by atoms with Crippen LogP contribution in [0.15, 0.2) is 36.1 Å². The number of hydrogen-bond acceptors (Lipinski definition) is 11. The van der Waals surface area contributed by atoms with E-state index in [2.05, 4.69) is 0 Å². The van der Waals surface area contributed by atoms with Crippen molar-refractivity contribution in [2.75, 3.05) is 6.61 Å². The van der Waals surface area contributed by atoms with Crippen LogP contribution in [-0.4, -0.2) is 86.3 Å². The summed E-state index contributed by atoms with van der Waals surface area (Å²) in [5.41, 5.74) is 0.921. The molecule has 1 saturated heterocycles. The van der Waals surface area contributed by atoms with Gasteiger partial charge in [-0.2, -0.15) is 0 Å². The monoisotopic (exact) mass is 482 g/mol. The van der Waals surface area contributed by atoms with Crippen molar-refractivity contribution >= 4 is 5.97 Å². The van der Waals surface area contributed by atoms with Crippen LogP contribution in [0.2, 0.25) is 0 Å². The Hall–Kier alpha value is -2.25. The van der Waals surface area contributed by atoms with Crippen molar-refractivity contribution in [2.45, 2.75) is 63.1 Å². The van der Waals surface area contributed by atoms with Crippen molar-refractivity contribution in [3.05, 3.63) is 41.7 Å². The van der Waals surface area contributed by atoms with E-state index >= 15 is 0 Å². The van der Waals surface area contributed by atoms with Gasteiger partial charge in [-0.15, -0.1) is 0 Å². The first-order chi connectivity index (χ1) is 16.2. The molecule has 1 aliphatic carbocycles. The predicted molar refractivity (Wildman–Crippen MR) is 113 cm³/mol. The molecule has 1 aromatic rings. The van der Waals surface area contributed by atoms with E-state index in [9.17, 15) is 35.4 Å². The summed E-state index contributed by atoms with van der Waals surface area (Å²) in [6, 6.07) is 6.36. The van der Waals surface area contributed by atoms with Crippen LogP contribution in [0.25, 0.3) is 0 Å². The molecule has 0 amide bonds. The molecule has 2 heterocycles. The minimum absolute atomic E-state index is 0.0471. The van der Waals surface area contributed by atoms with Crippen molar-refractivity contribution in [3.63, 3.8) is 0 Å². The van der Waals surface area contributed by atoms with Gasteiger partial charge < -0.3 is 49.6 Å². The lowest BCUT2D eigenvalue weighted by molar-refractivity contribution is -0.277. The molecule has 0 bridgehead atoms. The Labute approximate surface area is 195 Å². The number of ether oxygens (including phenoxy) is 4. The van der Waals surface area contributed by atoms with Crippen LogP contribution in [0.1, 0.15) is 18.9 Å². The van der Waals surface area contributed by atoms with Gasteiger partial charge in [0.05, 0.1) is 24.5 Å². The maximum Gasteiger partial charge on any atom is 0.337 e. The molecular formula is C23H30O11. The summed E-state index contributed by atoms with van der Waals surface area (Å²) in [5.74, 6) is -1.26. The van der Waals surface area contributed by atoms with Gasteiger partial charge >= 0.3 is 5.97 Å². The third-order valence-corrected chi connectivity index (χ3v) is 6.87. The Morgan fingerprint density at radius 3 is 2.44 bits per heavy atom. The van der Waals surface area contributed by atoms with Crippen LogP contribution >= 0.6 is 0 Å². The number of carbonyl (C=O) groups is 1. The van der Waals surface area contributed by atoms with E-state index in [1.165, 1.54) is 6.26 Å². The topological polar surface area (TPSA) is 175 Å². The van der Waals surface area contributed by atoms with Crippen LogP contribution < -0.4 is 4.74 Å². The van der Waals surface area contributed by atoms with Crippen LogP contribution in [0, 0.1) is 17.8 Å². The number of hydrogen-bond donors (Lipinski definition) is 6. The molecule has 10 unspecified atom stereocenters. The summed E-state index contributed by atoms with van der Waals surface area (Å²) in [6.45, 7) is 1.20. The molecule has 6 N–H and O–H groups in total. The van der Waals surface area contributed by atoms with Gasteiger partial charge in [-0.3, -0.25) is 0 Å². The van der Waals surface area contributed by atoms with Gasteiger partial charge in [-0.1, -0.05) is 19.1 Å². The SMILES string of the molecule is CC1C(O)CC2C(C(=O)OCc3ccc(OC4OC(CO)C(O)C(O)C4O)cc3)=COC(O)C21. The second-order valence-electron chi connectivity index (χ2n) is 8.98. The van der Waals surface area contributed by atoms with Crippen molar-refractivity contribution in [1.29, 1.82) is 0 Å². The van der Waals surface area contributed by atoms with Gasteiger partial charge in [0.1, 0.15) is 36.8 Å². The fourth-order valence-electron chi connectivity index (χ4n) is 4.76. The van der Waals surface area contributed by atoms with Crippen molar-refractivity contribution < 1.29 is 54.4 Å². The fraction of sp³-hybridized carbons (Fsp3) is 0.609. The number of benzene rings is 1. The highest BCUT2D eigenvalue weighted by Crippen LogP contribution is 2.46. The lowest BCUT2D eigenvalue weighted by Crippen LogP contribution is -2.60. The molecule has 34 heavy (non-hydrogen) atoms. The normalized spacial score (nSPS) is 39.6. The average Bonchev–Trinajstić information content (AvgIpc) is 3.13. The molecule has 0 spiro atoms. The van der Waals surface area contributed by atoms with Crippen LogP contribution in [-0.2, 0) is 25.6 Å². The van der Waals surface area contributed by atoms with Gasteiger partial charge in [0.15, 0.2) is 6.29 Å². The van der Waals surface area contributed by atoms with E-state index in [-0.39, 0.29) is 35.7 Å². The molecule has 11 heteroatoms. The molecular weight excluding hydrogens is 452 g/mol. The number of aliphatic hydroxyl groups excluding tert-OH is 6. The summed E-state index contributed by atoms with van der Waals surface area (Å²) in [7, 11) is 0. The number of esters is 1. The Balaban J connectivity index is 1.33. The van der Waals surface area contributed by atoms with E-state index in [0.29, 0.717) is 12.0 Å². The maximum atomic E-state index is 12.6. The molecule has 2 fully saturated rings. The fourth-order valence-corrected chi connectivity index (χ4v) is 4.76. The van der Waals surface area contributed by atoms with Gasteiger partial charge in [0.25, 0.3) is 0 Å². The van der Waals surface area contributed by atoms with E-state index < -0.39 is 55.7 Å². The second-order valence-corrected chi connectivity index (χ2v) is 8.98. The largest absolute Gasteiger partial charge is 0.472 e. The number of aliphatic hydroxyl groups is 6. The molecule has 2 aliphatic heterocycles. The smallest absolute Gasteiger partial charge is 0.337 e. The minimum Gasteiger partial charge on any atom is -0.472 e. The highest BCUT2D eigenvalue weighted by Gasteiger charge is 2.50. The van der Waals surface area contributed by atoms with Gasteiger partial charge in [-0.25, -0.2) is 4.79 Å². The Kier molecular flexibility index (Phi) is 7.43. The quantitative estimate of drug-likeness (QED) is 0.268. The van der Waals surface area contributed by atoms with Crippen LogP contribution in [0.4, 0.5) is 0 Å². The summed E-state index contributed by atoms with van der Waals surface area (Å²) >= 11 is 0. The van der Waals surface area contributed by atoms with E-state index in [4.69, 9.17) is 18.9 Å². The van der Waals surface area contributed by atoms with Gasteiger partial charge in [0, 0.05) is 11.8 Å². The van der Waals surface area contributed by atoms with Gasteiger partial charge in [-0.05, 0) is 30.0 Å². The first kappa shape index (κ1) is 24.9. The predicted octanol–water partition coefficient (Wildman–Crippen LogP) is -1.23. The van der Waals surface area contributed by atoms with Crippen molar-refractivity contribution in [2.24, 2.45) is 17.8 Å². The molecule has 11 nitrogen and oxygen atoms in total. The third-order valence-electron chi connectivity index (χ3n) is 6.87. The molecule has 1 aromatic carbocycles. The number of rotatable bonds is 6. The molecule has 1 saturated carbocycles. The third kappa shape index (κ3) is 4.78. The summed E-state index contributed by atoms with van der Waals surface area (Å²) in [6.07, 6.45) is -7.09. The highest BCUT2D eigenvalue weighted by atomic mass is 16.7. The van der Waals surface area contributed by atoms with Gasteiger partial charge in [0.2, 0.25) is 6.29 Å². The second kappa shape index (κ2) is 10.2. The van der Waals surface area contributed by atoms with Crippen LogP contribution in [0.5, 0.6) is 5.75 Å². The molecule has 0 radical (unpaired) electrons. The highest BCUT2D eigenvalue weighted by molar-refractivity contribution is 5.89. The zero-order valence-corrected chi connectivity index (χ0v) is 18.5. The van der Waals surface area contributed by atoms with E-state index in [1.807, 2.05) is 6.92 Å².